The Morgan fingerprint density at radius 3 is 2.55 bits per heavy atom. The minimum absolute atomic E-state index is 0.141. The second-order valence-corrected chi connectivity index (χ2v) is 5.67. The minimum atomic E-state index is -4.61. The molecule has 0 spiro atoms. The van der Waals surface area contributed by atoms with Gasteiger partial charge >= 0.3 is 6.18 Å². The molecule has 108 valence electrons. The third kappa shape index (κ3) is 2.77. The van der Waals surface area contributed by atoms with Crippen LogP contribution in [0.5, 0.6) is 0 Å². The van der Waals surface area contributed by atoms with Gasteiger partial charge in [-0.3, -0.25) is 9.82 Å². The lowest BCUT2D eigenvalue weighted by molar-refractivity contribution is -0.138. The summed E-state index contributed by atoms with van der Waals surface area (Å²) in [4.78, 5) is -0.423. The largest absolute Gasteiger partial charge is 0.416 e. The van der Waals surface area contributed by atoms with Gasteiger partial charge < -0.3 is 0 Å². The Labute approximate surface area is 112 Å². The number of alkyl halides is 3. The van der Waals surface area contributed by atoms with Crippen molar-refractivity contribution in [2.24, 2.45) is 0 Å². The van der Waals surface area contributed by atoms with Gasteiger partial charge in [-0.1, -0.05) is 6.07 Å². The minimum Gasteiger partial charge on any atom is -0.284 e. The van der Waals surface area contributed by atoms with Gasteiger partial charge in [0.2, 0.25) is 0 Å². The van der Waals surface area contributed by atoms with Gasteiger partial charge in [-0.15, -0.1) is 0 Å². The number of halogens is 3. The summed E-state index contributed by atoms with van der Waals surface area (Å²) < 4.78 is 64.6. The van der Waals surface area contributed by atoms with Gasteiger partial charge in [0.25, 0.3) is 10.0 Å². The lowest BCUT2D eigenvalue weighted by atomic mass is 10.1. The molecule has 0 unspecified atom stereocenters. The van der Waals surface area contributed by atoms with Crippen molar-refractivity contribution in [1.29, 1.82) is 0 Å². The number of anilines is 1. The number of benzene rings is 1. The van der Waals surface area contributed by atoms with Crippen molar-refractivity contribution in [3.63, 3.8) is 0 Å². The smallest absolute Gasteiger partial charge is 0.284 e. The lowest BCUT2D eigenvalue weighted by Gasteiger charge is -2.14. The number of H-pyrrole nitrogens is 1. The molecular weight excluding hydrogens is 295 g/mol. The highest BCUT2D eigenvalue weighted by atomic mass is 32.2. The zero-order valence-corrected chi connectivity index (χ0v) is 11.0. The third-order valence-corrected chi connectivity index (χ3v) is 4.16. The summed E-state index contributed by atoms with van der Waals surface area (Å²) in [7, 11) is -4.11. The predicted molar refractivity (Wildman–Crippen MR) is 65.6 cm³/mol. The van der Waals surface area contributed by atoms with Crippen molar-refractivity contribution < 1.29 is 21.6 Å². The Hall–Kier alpha value is -2.03. The van der Waals surface area contributed by atoms with Gasteiger partial charge in [-0.2, -0.15) is 18.3 Å². The summed E-state index contributed by atoms with van der Waals surface area (Å²) in [6, 6.07) is 3.01. The number of nitrogens with zero attached hydrogens (tertiary/aromatic N) is 1. The highest BCUT2D eigenvalue weighted by Crippen LogP contribution is 2.34. The maximum Gasteiger partial charge on any atom is 0.416 e. The van der Waals surface area contributed by atoms with Crippen molar-refractivity contribution in [2.45, 2.75) is 18.0 Å². The fourth-order valence-corrected chi connectivity index (χ4v) is 3.03. The fraction of sp³-hybridized carbons (Fsp3) is 0.182. The normalized spacial score (nSPS) is 12.4. The number of aromatic nitrogens is 2. The molecular formula is C11H10F3N3O2S. The Kier molecular flexibility index (Phi) is 3.46. The molecule has 0 atom stereocenters. The molecule has 0 bridgehead atoms. The van der Waals surface area contributed by atoms with E-state index in [0.717, 1.165) is 25.1 Å². The van der Waals surface area contributed by atoms with Crippen LogP contribution in [0.25, 0.3) is 0 Å². The third-order valence-electron chi connectivity index (χ3n) is 2.63. The maximum absolute atomic E-state index is 12.8. The van der Waals surface area contributed by atoms with Crippen molar-refractivity contribution in [1.82, 2.24) is 10.2 Å². The number of rotatable bonds is 3. The fourth-order valence-electron chi connectivity index (χ4n) is 1.73. The molecule has 0 aliphatic rings. The Morgan fingerprint density at radius 2 is 2.00 bits per heavy atom. The quantitative estimate of drug-likeness (QED) is 0.915. The summed E-state index contributed by atoms with van der Waals surface area (Å²) in [5, 5.41) is 5.94. The average molecular weight is 305 g/mol. The average Bonchev–Trinajstić information content (AvgIpc) is 2.79. The Balaban J connectivity index is 2.48. The number of hydrogen-bond acceptors (Lipinski definition) is 3. The number of sulfonamides is 1. The molecule has 0 saturated heterocycles. The van der Waals surface area contributed by atoms with E-state index in [1.165, 1.54) is 12.4 Å². The van der Waals surface area contributed by atoms with Gasteiger partial charge in [0.1, 0.15) is 0 Å². The zero-order chi connectivity index (χ0) is 15.0. The van der Waals surface area contributed by atoms with E-state index in [0.29, 0.717) is 0 Å². The zero-order valence-electron chi connectivity index (χ0n) is 10.2. The molecule has 0 aliphatic carbocycles. The highest BCUT2D eigenvalue weighted by Gasteiger charge is 2.34. The van der Waals surface area contributed by atoms with Crippen LogP contribution in [-0.4, -0.2) is 18.6 Å². The predicted octanol–water partition coefficient (Wildman–Crippen LogP) is 2.54. The first kappa shape index (κ1) is 14.4. The van der Waals surface area contributed by atoms with Gasteiger partial charge in [0.15, 0.2) is 0 Å². The summed E-state index contributed by atoms with van der Waals surface area (Å²) in [6.45, 7) is 1.12. The van der Waals surface area contributed by atoms with Crippen LogP contribution in [0.1, 0.15) is 11.1 Å². The number of aromatic amines is 1. The van der Waals surface area contributed by atoms with Crippen LogP contribution in [0.15, 0.2) is 35.5 Å². The summed E-state index contributed by atoms with van der Waals surface area (Å²) >= 11 is 0. The SMILES string of the molecule is Cc1c(C(F)(F)F)cccc1S(=O)(=O)Nc1cn[nH]c1. The molecule has 0 radical (unpaired) electrons. The number of hydrogen-bond donors (Lipinski definition) is 2. The van der Waals surface area contributed by atoms with Crippen LogP contribution in [-0.2, 0) is 16.2 Å². The number of nitrogens with one attached hydrogen (secondary N) is 2. The lowest BCUT2D eigenvalue weighted by Crippen LogP contribution is -2.17. The topological polar surface area (TPSA) is 74.8 Å². The standard InChI is InChI=1S/C11H10F3N3O2S/c1-7-9(11(12,13)14)3-2-4-10(7)20(18,19)17-8-5-15-16-6-8/h2-6,17H,1H3,(H,15,16). The highest BCUT2D eigenvalue weighted by molar-refractivity contribution is 7.92. The van der Waals surface area contributed by atoms with Gasteiger partial charge in [0.05, 0.1) is 22.3 Å². The molecule has 2 aromatic rings. The van der Waals surface area contributed by atoms with Gasteiger partial charge in [0, 0.05) is 6.20 Å². The maximum atomic E-state index is 12.8. The van der Waals surface area contributed by atoms with Crippen LogP contribution in [0.4, 0.5) is 18.9 Å². The molecule has 1 aromatic carbocycles. The van der Waals surface area contributed by atoms with E-state index >= 15 is 0 Å². The van der Waals surface area contributed by atoms with Crippen LogP contribution in [0, 0.1) is 6.92 Å². The first-order chi connectivity index (χ1) is 9.22. The van der Waals surface area contributed by atoms with Gasteiger partial charge in [-0.25, -0.2) is 8.42 Å². The summed E-state index contributed by atoms with van der Waals surface area (Å²) in [6.07, 6.45) is -2.12. The summed E-state index contributed by atoms with van der Waals surface area (Å²) in [5.74, 6) is 0. The van der Waals surface area contributed by atoms with Crippen LogP contribution in [0.2, 0.25) is 0 Å². The van der Waals surface area contributed by atoms with Crippen LogP contribution < -0.4 is 4.72 Å². The van der Waals surface area contributed by atoms with Crippen molar-refractivity contribution in [3.05, 3.63) is 41.7 Å². The Morgan fingerprint density at radius 1 is 1.30 bits per heavy atom. The van der Waals surface area contributed by atoms with Crippen molar-refractivity contribution in [3.8, 4) is 0 Å². The molecule has 0 amide bonds. The second kappa shape index (κ2) is 4.82. The second-order valence-electron chi connectivity index (χ2n) is 4.02. The van der Waals surface area contributed by atoms with E-state index < -0.39 is 26.7 Å². The molecule has 0 saturated carbocycles. The Bertz CT molecular complexity index is 709. The molecule has 2 rings (SSSR count). The van der Waals surface area contributed by atoms with E-state index in [2.05, 4.69) is 14.9 Å². The van der Waals surface area contributed by atoms with E-state index in [4.69, 9.17) is 0 Å². The monoisotopic (exact) mass is 305 g/mol. The van der Waals surface area contributed by atoms with Gasteiger partial charge in [-0.05, 0) is 24.6 Å². The van der Waals surface area contributed by atoms with E-state index in [9.17, 15) is 21.6 Å². The molecule has 2 N–H and O–H groups in total. The first-order valence-electron chi connectivity index (χ1n) is 5.40. The van der Waals surface area contributed by atoms with E-state index in [-0.39, 0.29) is 11.3 Å². The van der Waals surface area contributed by atoms with Crippen molar-refractivity contribution >= 4 is 15.7 Å². The summed E-state index contributed by atoms with van der Waals surface area (Å²) in [5.41, 5.74) is -1.19. The molecule has 0 aliphatic heterocycles. The van der Waals surface area contributed by atoms with Crippen LogP contribution >= 0.6 is 0 Å². The first-order valence-corrected chi connectivity index (χ1v) is 6.88. The molecule has 0 fully saturated rings. The molecule has 1 heterocycles. The van der Waals surface area contributed by atoms with E-state index in [1.807, 2.05) is 0 Å². The molecule has 9 heteroatoms. The van der Waals surface area contributed by atoms with Crippen LogP contribution in [0.3, 0.4) is 0 Å². The molecule has 1 aromatic heterocycles. The molecule has 5 nitrogen and oxygen atoms in total. The van der Waals surface area contributed by atoms with Crippen molar-refractivity contribution in [2.75, 3.05) is 4.72 Å². The van der Waals surface area contributed by atoms with E-state index in [1.54, 1.807) is 0 Å². The molecule has 20 heavy (non-hydrogen) atoms.